The first-order valence-corrected chi connectivity index (χ1v) is 11.1. The summed E-state index contributed by atoms with van der Waals surface area (Å²) in [6, 6.07) is 0. The Morgan fingerprint density at radius 3 is 1.70 bits per heavy atom. The first kappa shape index (κ1) is 19.3. The molecule has 2 aliphatic carbocycles. The second kappa shape index (κ2) is 10.8. The van der Waals surface area contributed by atoms with Crippen LogP contribution in [0, 0.1) is 24.2 Å². The summed E-state index contributed by atoms with van der Waals surface area (Å²) in [7, 11) is 0. The molecule has 2 saturated carbocycles. The van der Waals surface area contributed by atoms with Gasteiger partial charge in [-0.15, -0.1) is 0 Å². The van der Waals surface area contributed by atoms with Crippen LogP contribution in [0.5, 0.6) is 0 Å². The van der Waals surface area contributed by atoms with E-state index in [1.165, 1.54) is 116 Å². The van der Waals surface area contributed by atoms with Gasteiger partial charge in [0.25, 0.3) is 0 Å². The molecule has 23 heavy (non-hydrogen) atoms. The van der Waals surface area contributed by atoms with Gasteiger partial charge in [0.2, 0.25) is 0 Å². The number of rotatable bonds is 14. The highest BCUT2D eigenvalue weighted by atomic mass is 14.5. The van der Waals surface area contributed by atoms with Gasteiger partial charge >= 0.3 is 0 Å². The molecular formula is C23H43. The highest BCUT2D eigenvalue weighted by molar-refractivity contribution is 5.00. The predicted octanol–water partition coefficient (Wildman–Crippen LogP) is 8.11. The third-order valence-electron chi connectivity index (χ3n) is 7.07. The van der Waals surface area contributed by atoms with E-state index in [2.05, 4.69) is 13.8 Å². The maximum atomic E-state index is 4.58. The van der Waals surface area contributed by atoms with Gasteiger partial charge in [0.1, 0.15) is 0 Å². The van der Waals surface area contributed by atoms with E-state index in [1.807, 2.05) is 0 Å². The van der Waals surface area contributed by atoms with E-state index in [0.717, 1.165) is 11.8 Å². The highest BCUT2D eigenvalue weighted by Crippen LogP contribution is 2.58. The lowest BCUT2D eigenvalue weighted by Gasteiger charge is -2.33. The van der Waals surface area contributed by atoms with E-state index in [1.54, 1.807) is 0 Å². The van der Waals surface area contributed by atoms with Crippen LogP contribution >= 0.6 is 0 Å². The molecule has 0 nitrogen and oxygen atoms in total. The van der Waals surface area contributed by atoms with Crippen LogP contribution in [0.2, 0.25) is 0 Å². The lowest BCUT2D eigenvalue weighted by Crippen LogP contribution is -2.23. The normalized spacial score (nSPS) is 27.7. The van der Waals surface area contributed by atoms with Crippen LogP contribution in [-0.4, -0.2) is 0 Å². The van der Waals surface area contributed by atoms with Crippen LogP contribution in [-0.2, 0) is 0 Å². The van der Waals surface area contributed by atoms with E-state index >= 15 is 0 Å². The second-order valence-corrected chi connectivity index (χ2v) is 8.88. The maximum Gasteiger partial charge on any atom is -0.0266 e. The Hall–Kier alpha value is 0. The van der Waals surface area contributed by atoms with Crippen LogP contribution < -0.4 is 0 Å². The Morgan fingerprint density at radius 1 is 0.783 bits per heavy atom. The Balaban J connectivity index is 1.36. The Bertz CT molecular complexity index is 284. The van der Waals surface area contributed by atoms with E-state index in [9.17, 15) is 0 Å². The molecule has 0 saturated heterocycles. The van der Waals surface area contributed by atoms with Crippen molar-refractivity contribution in [1.29, 1.82) is 0 Å². The Kier molecular flexibility index (Phi) is 9.06. The van der Waals surface area contributed by atoms with Crippen molar-refractivity contribution in [2.75, 3.05) is 0 Å². The average Bonchev–Trinajstić information content (AvgIpc) is 3.18. The SMILES string of the molecule is [CH2]C(CCCCCCCCCCCCCC)C12CCC(CC1)C2. The van der Waals surface area contributed by atoms with E-state index in [-0.39, 0.29) is 0 Å². The van der Waals surface area contributed by atoms with Gasteiger partial charge < -0.3 is 0 Å². The summed E-state index contributed by atoms with van der Waals surface area (Å²) in [6.45, 7) is 6.88. The zero-order chi connectivity index (χ0) is 16.4. The van der Waals surface area contributed by atoms with Gasteiger partial charge in [0.05, 0.1) is 0 Å². The molecule has 0 aromatic heterocycles. The minimum atomic E-state index is 0.697. The maximum absolute atomic E-state index is 4.58. The van der Waals surface area contributed by atoms with Crippen molar-refractivity contribution in [2.24, 2.45) is 17.3 Å². The lowest BCUT2D eigenvalue weighted by atomic mass is 9.72. The van der Waals surface area contributed by atoms with Crippen molar-refractivity contribution < 1.29 is 0 Å². The summed E-state index contributed by atoms with van der Waals surface area (Å²) in [5.74, 6) is 1.85. The van der Waals surface area contributed by atoms with Crippen LogP contribution in [0.1, 0.15) is 122 Å². The second-order valence-electron chi connectivity index (χ2n) is 8.88. The smallest absolute Gasteiger partial charge is 0.0266 e. The first-order valence-electron chi connectivity index (χ1n) is 11.1. The topological polar surface area (TPSA) is 0 Å². The van der Waals surface area contributed by atoms with E-state index in [0.29, 0.717) is 5.41 Å². The van der Waals surface area contributed by atoms with Gasteiger partial charge in [0, 0.05) is 0 Å². The van der Waals surface area contributed by atoms with Gasteiger partial charge in [-0.3, -0.25) is 0 Å². The van der Waals surface area contributed by atoms with Crippen LogP contribution in [0.4, 0.5) is 0 Å². The van der Waals surface area contributed by atoms with Crippen LogP contribution in [0.25, 0.3) is 0 Å². The Morgan fingerprint density at radius 2 is 1.26 bits per heavy atom. The Labute approximate surface area is 147 Å². The molecular weight excluding hydrogens is 276 g/mol. The van der Waals surface area contributed by atoms with Gasteiger partial charge in [0.15, 0.2) is 0 Å². The van der Waals surface area contributed by atoms with Gasteiger partial charge in [-0.1, -0.05) is 84.0 Å². The summed E-state index contributed by atoms with van der Waals surface area (Å²) < 4.78 is 0. The molecule has 0 aromatic carbocycles. The van der Waals surface area contributed by atoms with Crippen LogP contribution in [0.15, 0.2) is 0 Å². The predicted molar refractivity (Wildman–Crippen MR) is 104 cm³/mol. The third-order valence-corrected chi connectivity index (χ3v) is 7.07. The zero-order valence-corrected chi connectivity index (χ0v) is 16.1. The van der Waals surface area contributed by atoms with Crippen molar-refractivity contribution in [3.8, 4) is 0 Å². The number of unbranched alkanes of at least 4 members (excludes halogenated alkanes) is 11. The minimum absolute atomic E-state index is 0.697. The average molecular weight is 320 g/mol. The molecule has 2 bridgehead atoms. The fourth-order valence-corrected chi connectivity index (χ4v) is 5.35. The molecule has 2 aliphatic rings. The quantitative estimate of drug-likeness (QED) is 0.284. The summed E-state index contributed by atoms with van der Waals surface area (Å²) >= 11 is 0. The molecule has 0 spiro atoms. The molecule has 1 atom stereocenters. The largest absolute Gasteiger partial charge is 0.0654 e. The number of hydrogen-bond donors (Lipinski definition) is 0. The lowest BCUT2D eigenvalue weighted by molar-refractivity contribution is 0.191. The monoisotopic (exact) mass is 319 g/mol. The van der Waals surface area contributed by atoms with Crippen molar-refractivity contribution in [3.63, 3.8) is 0 Å². The fourth-order valence-electron chi connectivity index (χ4n) is 5.35. The van der Waals surface area contributed by atoms with Crippen LogP contribution in [0.3, 0.4) is 0 Å². The van der Waals surface area contributed by atoms with E-state index < -0.39 is 0 Å². The highest BCUT2D eigenvalue weighted by Gasteiger charge is 2.47. The van der Waals surface area contributed by atoms with E-state index in [4.69, 9.17) is 0 Å². The molecule has 0 N–H and O–H groups in total. The summed E-state index contributed by atoms with van der Waals surface area (Å²) in [5.41, 5.74) is 0.697. The molecule has 0 amide bonds. The fraction of sp³-hybridized carbons (Fsp3) is 0.957. The molecule has 0 heterocycles. The van der Waals surface area contributed by atoms with Gasteiger partial charge in [-0.25, -0.2) is 0 Å². The molecule has 2 rings (SSSR count). The van der Waals surface area contributed by atoms with Gasteiger partial charge in [-0.05, 0) is 62.7 Å². The standard InChI is InChI=1S/C23H43/c1-3-4-5-6-7-8-9-10-11-12-13-14-15-21(2)23-18-16-22(20-23)17-19-23/h21-22H,2-20H2,1H3. The summed E-state index contributed by atoms with van der Waals surface area (Å²) in [4.78, 5) is 0. The molecule has 1 radical (unpaired) electrons. The first-order chi connectivity index (χ1) is 11.3. The summed E-state index contributed by atoms with van der Waals surface area (Å²) in [5, 5.41) is 0. The van der Waals surface area contributed by atoms with Gasteiger partial charge in [-0.2, -0.15) is 0 Å². The number of fused-ring (bicyclic) bond motifs is 2. The van der Waals surface area contributed by atoms with Crippen molar-refractivity contribution in [2.45, 2.75) is 122 Å². The molecule has 0 aromatic rings. The summed E-state index contributed by atoms with van der Waals surface area (Å²) in [6.07, 6.45) is 26.5. The van der Waals surface area contributed by atoms with Crippen molar-refractivity contribution >= 4 is 0 Å². The minimum Gasteiger partial charge on any atom is -0.0654 e. The molecule has 0 heteroatoms. The van der Waals surface area contributed by atoms with Crippen molar-refractivity contribution in [3.05, 3.63) is 6.92 Å². The van der Waals surface area contributed by atoms with Crippen molar-refractivity contribution in [1.82, 2.24) is 0 Å². The molecule has 0 aliphatic heterocycles. The molecule has 2 fully saturated rings. The zero-order valence-electron chi connectivity index (χ0n) is 16.1. The number of hydrogen-bond acceptors (Lipinski definition) is 0. The molecule has 1 unspecified atom stereocenters. The molecule has 135 valence electrons. The third kappa shape index (κ3) is 6.43.